The highest BCUT2D eigenvalue weighted by atomic mass is 19.1. The number of carbonyl (C=O) groups is 2. The molecule has 1 heterocycles. The number of nitrogens with zero attached hydrogens (tertiary/aromatic N) is 2. The van der Waals surface area contributed by atoms with E-state index < -0.39 is 5.82 Å². The number of ketones is 1. The Hall–Kier alpha value is -3.28. The number of benzene rings is 2. The van der Waals surface area contributed by atoms with Crippen LogP contribution in [0, 0.1) is 11.7 Å². The molecule has 6 heteroatoms. The Kier molecular flexibility index (Phi) is 5.16. The lowest BCUT2D eigenvalue weighted by atomic mass is 10.1. The summed E-state index contributed by atoms with van der Waals surface area (Å²) < 4.78 is 15.9. The van der Waals surface area contributed by atoms with Gasteiger partial charge in [0.25, 0.3) is 0 Å². The van der Waals surface area contributed by atoms with Crippen LogP contribution in [0.3, 0.4) is 0 Å². The summed E-state index contributed by atoms with van der Waals surface area (Å²) >= 11 is 0. The monoisotopic (exact) mass is 365 g/mol. The zero-order valence-corrected chi connectivity index (χ0v) is 15.4. The van der Waals surface area contributed by atoms with Gasteiger partial charge in [0.15, 0.2) is 5.78 Å². The number of halogens is 1. The van der Waals surface area contributed by atoms with Crippen LogP contribution in [0.2, 0.25) is 0 Å². The predicted molar refractivity (Wildman–Crippen MR) is 102 cm³/mol. The molecule has 1 amide bonds. The lowest BCUT2D eigenvalue weighted by Gasteiger charge is -2.13. The molecule has 0 aliphatic heterocycles. The van der Waals surface area contributed by atoms with E-state index in [2.05, 4.69) is 10.3 Å². The molecular weight excluding hydrogens is 345 g/mol. The summed E-state index contributed by atoms with van der Waals surface area (Å²) in [5.74, 6) is -0.438. The van der Waals surface area contributed by atoms with Gasteiger partial charge in [-0.15, -0.1) is 0 Å². The summed E-state index contributed by atoms with van der Waals surface area (Å²) in [6, 6.07) is 11.7. The molecule has 3 rings (SSSR count). The van der Waals surface area contributed by atoms with Gasteiger partial charge in [0.2, 0.25) is 5.91 Å². The molecule has 3 aromatic rings. The molecule has 2 aromatic carbocycles. The second-order valence-electron chi connectivity index (χ2n) is 6.57. The third-order valence-corrected chi connectivity index (χ3v) is 4.18. The normalized spacial score (nSPS) is 10.9. The number of anilines is 1. The van der Waals surface area contributed by atoms with E-state index in [4.69, 9.17) is 0 Å². The first-order valence-corrected chi connectivity index (χ1v) is 8.62. The van der Waals surface area contributed by atoms with Crippen LogP contribution in [0.5, 0.6) is 0 Å². The largest absolute Gasteiger partial charge is 0.323 e. The van der Waals surface area contributed by atoms with E-state index in [9.17, 15) is 14.0 Å². The van der Waals surface area contributed by atoms with Crippen LogP contribution in [-0.4, -0.2) is 21.2 Å². The number of carbonyl (C=O) groups excluding carboxylic acids is 2. The van der Waals surface area contributed by atoms with E-state index in [-0.39, 0.29) is 23.3 Å². The third kappa shape index (κ3) is 3.95. The van der Waals surface area contributed by atoms with Crippen molar-refractivity contribution in [3.8, 4) is 17.1 Å². The average Bonchev–Trinajstić information content (AvgIpc) is 3.13. The predicted octanol–water partition coefficient (Wildman–Crippen LogP) is 4.48. The number of nitrogens with one attached hydrogen (secondary N) is 1. The van der Waals surface area contributed by atoms with Crippen molar-refractivity contribution in [2.24, 2.45) is 5.92 Å². The van der Waals surface area contributed by atoms with Crippen LogP contribution in [0.25, 0.3) is 17.1 Å². The van der Waals surface area contributed by atoms with E-state index in [1.165, 1.54) is 13.0 Å². The Labute approximate surface area is 156 Å². The molecule has 0 atom stereocenters. The lowest BCUT2D eigenvalue weighted by molar-refractivity contribution is -0.118. The number of amides is 1. The summed E-state index contributed by atoms with van der Waals surface area (Å²) in [6.45, 7) is 5.00. The Balaban J connectivity index is 2.02. The number of imidazole rings is 1. The molecule has 27 heavy (non-hydrogen) atoms. The summed E-state index contributed by atoms with van der Waals surface area (Å²) in [5.41, 5.74) is 2.12. The minimum Gasteiger partial charge on any atom is -0.323 e. The van der Waals surface area contributed by atoms with Crippen molar-refractivity contribution in [1.29, 1.82) is 0 Å². The SMILES string of the molecule is CC(=O)c1cccc(-c2nccn2-c2ccc(F)c(NC(=O)C(C)C)c2)c1. The van der Waals surface area contributed by atoms with E-state index in [1.807, 2.05) is 6.07 Å². The quantitative estimate of drug-likeness (QED) is 0.678. The summed E-state index contributed by atoms with van der Waals surface area (Å²) in [5, 5.41) is 2.60. The van der Waals surface area contributed by atoms with Crippen molar-refractivity contribution in [3.05, 3.63) is 66.2 Å². The van der Waals surface area contributed by atoms with Gasteiger partial charge >= 0.3 is 0 Å². The van der Waals surface area contributed by atoms with Crippen molar-refractivity contribution in [2.45, 2.75) is 20.8 Å². The number of hydrogen-bond acceptors (Lipinski definition) is 3. The van der Waals surface area contributed by atoms with Gasteiger partial charge in [0.05, 0.1) is 5.69 Å². The van der Waals surface area contributed by atoms with Crippen molar-refractivity contribution in [2.75, 3.05) is 5.32 Å². The molecule has 1 aromatic heterocycles. The topological polar surface area (TPSA) is 64.0 Å². The number of aromatic nitrogens is 2. The summed E-state index contributed by atoms with van der Waals surface area (Å²) in [7, 11) is 0. The van der Waals surface area contributed by atoms with Gasteiger partial charge in [-0.2, -0.15) is 0 Å². The Bertz CT molecular complexity index is 1010. The molecular formula is C21H20FN3O2. The van der Waals surface area contributed by atoms with Crippen molar-refractivity contribution >= 4 is 17.4 Å². The van der Waals surface area contributed by atoms with Crippen molar-refractivity contribution in [3.63, 3.8) is 0 Å². The molecule has 0 bridgehead atoms. The maximum absolute atomic E-state index is 14.1. The van der Waals surface area contributed by atoms with Gasteiger partial charge in [0, 0.05) is 35.1 Å². The van der Waals surface area contributed by atoms with Crippen LogP contribution in [0.4, 0.5) is 10.1 Å². The Morgan fingerprint density at radius 2 is 1.93 bits per heavy atom. The molecule has 0 unspecified atom stereocenters. The first kappa shape index (κ1) is 18.5. The molecule has 0 saturated heterocycles. The van der Waals surface area contributed by atoms with Gasteiger partial charge in [-0.3, -0.25) is 14.2 Å². The first-order valence-electron chi connectivity index (χ1n) is 8.62. The average molecular weight is 365 g/mol. The van der Waals surface area contributed by atoms with Gasteiger partial charge < -0.3 is 5.32 Å². The van der Waals surface area contributed by atoms with E-state index >= 15 is 0 Å². The molecule has 0 saturated carbocycles. The Morgan fingerprint density at radius 1 is 1.15 bits per heavy atom. The summed E-state index contributed by atoms with van der Waals surface area (Å²) in [4.78, 5) is 28.0. The van der Waals surface area contributed by atoms with Gasteiger partial charge in [-0.25, -0.2) is 9.37 Å². The second-order valence-corrected chi connectivity index (χ2v) is 6.57. The van der Waals surface area contributed by atoms with Crippen LogP contribution in [-0.2, 0) is 4.79 Å². The molecule has 0 aliphatic carbocycles. The highest BCUT2D eigenvalue weighted by Crippen LogP contribution is 2.25. The molecule has 138 valence electrons. The smallest absolute Gasteiger partial charge is 0.227 e. The Morgan fingerprint density at radius 3 is 2.63 bits per heavy atom. The second kappa shape index (κ2) is 7.53. The molecule has 5 nitrogen and oxygen atoms in total. The number of rotatable bonds is 5. The third-order valence-electron chi connectivity index (χ3n) is 4.18. The maximum atomic E-state index is 14.1. The zero-order valence-electron chi connectivity index (χ0n) is 15.4. The van der Waals surface area contributed by atoms with Crippen LogP contribution >= 0.6 is 0 Å². The number of Topliss-reactive ketones (excluding diaryl/α,β-unsaturated/α-hetero) is 1. The number of hydrogen-bond donors (Lipinski definition) is 1. The summed E-state index contributed by atoms with van der Waals surface area (Å²) in [6.07, 6.45) is 3.38. The maximum Gasteiger partial charge on any atom is 0.227 e. The van der Waals surface area contributed by atoms with E-state index in [0.29, 0.717) is 17.1 Å². The first-order chi connectivity index (χ1) is 12.9. The molecule has 0 fully saturated rings. The zero-order chi connectivity index (χ0) is 19.6. The van der Waals surface area contributed by atoms with Gasteiger partial charge in [0.1, 0.15) is 11.6 Å². The fourth-order valence-corrected chi connectivity index (χ4v) is 2.64. The van der Waals surface area contributed by atoms with Gasteiger partial charge in [-0.05, 0) is 31.2 Å². The van der Waals surface area contributed by atoms with E-state index in [1.54, 1.807) is 61.1 Å². The molecule has 0 aliphatic rings. The highest BCUT2D eigenvalue weighted by Gasteiger charge is 2.14. The van der Waals surface area contributed by atoms with E-state index in [0.717, 1.165) is 5.56 Å². The highest BCUT2D eigenvalue weighted by molar-refractivity contribution is 5.95. The minimum absolute atomic E-state index is 0.0320. The minimum atomic E-state index is -0.506. The molecule has 0 spiro atoms. The van der Waals surface area contributed by atoms with Crippen molar-refractivity contribution in [1.82, 2.24) is 9.55 Å². The fraction of sp³-hybridized carbons (Fsp3) is 0.190. The van der Waals surface area contributed by atoms with Gasteiger partial charge in [-0.1, -0.05) is 32.0 Å². The standard InChI is InChI=1S/C21H20FN3O2/c1-13(2)21(27)24-19-12-17(7-8-18(19)22)25-10-9-23-20(25)16-6-4-5-15(11-16)14(3)26/h4-13H,1-3H3,(H,24,27). The molecule has 1 N–H and O–H groups in total. The van der Waals surface area contributed by atoms with Crippen LogP contribution in [0.15, 0.2) is 54.9 Å². The van der Waals surface area contributed by atoms with Crippen molar-refractivity contribution < 1.29 is 14.0 Å². The van der Waals surface area contributed by atoms with Crippen LogP contribution < -0.4 is 5.32 Å². The lowest BCUT2D eigenvalue weighted by Crippen LogP contribution is -2.18. The molecule has 0 radical (unpaired) electrons. The van der Waals surface area contributed by atoms with Crippen LogP contribution in [0.1, 0.15) is 31.1 Å². The fourth-order valence-electron chi connectivity index (χ4n) is 2.64.